The van der Waals surface area contributed by atoms with Gasteiger partial charge in [-0.3, -0.25) is 0 Å². The van der Waals surface area contributed by atoms with Crippen LogP contribution < -0.4 is 15.0 Å². The highest BCUT2D eigenvalue weighted by atomic mass is 32.1. The van der Waals surface area contributed by atoms with Crippen molar-refractivity contribution < 1.29 is 9.64 Å². The van der Waals surface area contributed by atoms with Crippen molar-refractivity contribution in [3.05, 3.63) is 63.1 Å². The second-order valence-corrected chi connectivity index (χ2v) is 8.38. The molecule has 1 aromatic heterocycles. The number of benzene rings is 2. The molecule has 27 heavy (non-hydrogen) atoms. The van der Waals surface area contributed by atoms with Crippen LogP contribution >= 0.6 is 23.6 Å². The van der Waals surface area contributed by atoms with Crippen LogP contribution in [0.25, 0.3) is 0 Å². The van der Waals surface area contributed by atoms with Crippen LogP contribution in [0.4, 0.5) is 10.8 Å². The molecule has 1 heterocycles. The van der Waals surface area contributed by atoms with Gasteiger partial charge in [-0.1, -0.05) is 29.0 Å². The highest BCUT2D eigenvalue weighted by molar-refractivity contribution is 7.73. The minimum atomic E-state index is 0.718. The highest BCUT2D eigenvalue weighted by Gasteiger charge is 2.10. The van der Waals surface area contributed by atoms with E-state index in [1.165, 1.54) is 32.9 Å². The molecule has 0 aliphatic rings. The lowest BCUT2D eigenvalue weighted by Gasteiger charge is -2.14. The maximum Gasteiger partial charge on any atom is 0.209 e. The molecule has 142 valence electrons. The van der Waals surface area contributed by atoms with Crippen LogP contribution in [0.3, 0.4) is 0 Å². The number of hydrogen-bond acceptors (Lipinski definition) is 5. The van der Waals surface area contributed by atoms with E-state index in [4.69, 9.17) is 17.0 Å². The molecule has 7 heteroatoms. The van der Waals surface area contributed by atoms with E-state index in [0.717, 1.165) is 33.7 Å². The molecule has 0 saturated heterocycles. The van der Waals surface area contributed by atoms with E-state index in [-0.39, 0.29) is 0 Å². The monoisotopic (exact) mass is 401 g/mol. The maximum atomic E-state index is 5.51. The predicted octanol–water partition coefficient (Wildman–Crippen LogP) is 3.72. The molecule has 2 aromatic carbocycles. The first-order valence-corrected chi connectivity index (χ1v) is 10.0. The minimum absolute atomic E-state index is 0.718. The average Bonchev–Trinajstić information content (AvgIpc) is 2.97. The van der Waals surface area contributed by atoms with Crippen LogP contribution in [0.15, 0.2) is 42.5 Å². The number of nitrogens with one attached hydrogen (secondary N) is 2. The highest BCUT2D eigenvalue weighted by Crippen LogP contribution is 2.23. The fourth-order valence-corrected chi connectivity index (χ4v) is 3.95. The molecule has 0 amide bonds. The van der Waals surface area contributed by atoms with E-state index in [0.29, 0.717) is 0 Å². The summed E-state index contributed by atoms with van der Waals surface area (Å²) < 4.78 is 7.88. The smallest absolute Gasteiger partial charge is 0.209 e. The zero-order valence-electron chi connectivity index (χ0n) is 16.1. The number of aryl methyl sites for hydroxylation is 2. The van der Waals surface area contributed by atoms with E-state index in [1.54, 1.807) is 7.11 Å². The number of methoxy groups -OCH3 is 1. The Morgan fingerprint density at radius 3 is 2.59 bits per heavy atom. The normalized spacial score (nSPS) is 12.0. The summed E-state index contributed by atoms with van der Waals surface area (Å²) in [5.74, 6) is 0.875. The van der Waals surface area contributed by atoms with Crippen LogP contribution in [0, 0.1) is 17.8 Å². The lowest BCUT2D eigenvalue weighted by atomic mass is 10.1. The molecule has 1 unspecified atom stereocenters. The minimum Gasteiger partial charge on any atom is -0.497 e. The van der Waals surface area contributed by atoms with Gasteiger partial charge in [-0.2, -0.15) is 4.68 Å². The Balaban J connectivity index is 1.65. The number of aromatic nitrogens is 2. The number of ether oxygens (including phenoxy) is 1. The topological polar surface area (TPSA) is 43.5 Å². The van der Waals surface area contributed by atoms with Gasteiger partial charge in [-0.15, -0.1) is 5.10 Å². The Kier molecular flexibility index (Phi) is 6.26. The van der Waals surface area contributed by atoms with Crippen molar-refractivity contribution in [3.8, 4) is 5.75 Å². The summed E-state index contributed by atoms with van der Waals surface area (Å²) >= 11 is 7.01. The van der Waals surface area contributed by atoms with Crippen molar-refractivity contribution in [1.82, 2.24) is 9.78 Å². The number of quaternary nitrogens is 1. The van der Waals surface area contributed by atoms with E-state index in [2.05, 4.69) is 61.6 Å². The average molecular weight is 402 g/mol. The second-order valence-electron chi connectivity index (χ2n) is 6.76. The van der Waals surface area contributed by atoms with Gasteiger partial charge in [0.1, 0.15) is 12.3 Å². The molecule has 3 aromatic rings. The second kappa shape index (κ2) is 8.65. The Labute approximate surface area is 169 Å². The summed E-state index contributed by atoms with van der Waals surface area (Å²) in [5, 5.41) is 8.87. The Hall–Kier alpha value is -2.22. The van der Waals surface area contributed by atoms with Gasteiger partial charge in [0.15, 0.2) is 10.6 Å². The van der Waals surface area contributed by atoms with Crippen LogP contribution in [-0.2, 0) is 13.2 Å². The third kappa shape index (κ3) is 5.15. The molecular weight excluding hydrogens is 376 g/mol. The summed E-state index contributed by atoms with van der Waals surface area (Å²) in [4.78, 5) is 1.31. The molecule has 0 spiro atoms. The van der Waals surface area contributed by atoms with Gasteiger partial charge in [-0.25, -0.2) is 0 Å². The first kappa shape index (κ1) is 19.5. The molecule has 0 aliphatic heterocycles. The van der Waals surface area contributed by atoms with Crippen LogP contribution in [0.1, 0.15) is 16.7 Å². The van der Waals surface area contributed by atoms with Crippen molar-refractivity contribution >= 4 is 34.4 Å². The van der Waals surface area contributed by atoms with Gasteiger partial charge in [0.2, 0.25) is 5.13 Å². The van der Waals surface area contributed by atoms with Crippen LogP contribution in [0.5, 0.6) is 5.75 Å². The van der Waals surface area contributed by atoms with E-state index in [1.807, 2.05) is 16.8 Å². The first-order valence-electron chi connectivity index (χ1n) is 8.81. The SMILES string of the molecule is COc1ccc(C[NH+](C)Cn2nc(Nc3ccc(C)cc3C)sc2=S)cc1. The van der Waals surface area contributed by atoms with Gasteiger partial charge in [-0.05, 0) is 62.0 Å². The Morgan fingerprint density at radius 1 is 1.19 bits per heavy atom. The zero-order valence-corrected chi connectivity index (χ0v) is 17.7. The van der Waals surface area contributed by atoms with E-state index >= 15 is 0 Å². The van der Waals surface area contributed by atoms with Gasteiger partial charge in [0, 0.05) is 11.3 Å². The lowest BCUT2D eigenvalue weighted by molar-refractivity contribution is -0.917. The summed E-state index contributed by atoms with van der Waals surface area (Å²) in [6.07, 6.45) is 0. The number of hydrogen-bond donors (Lipinski definition) is 2. The quantitative estimate of drug-likeness (QED) is 0.592. The number of rotatable bonds is 7. The molecule has 3 rings (SSSR count). The largest absolute Gasteiger partial charge is 0.497 e. The van der Waals surface area contributed by atoms with Crippen molar-refractivity contribution in [3.63, 3.8) is 0 Å². The molecule has 0 bridgehead atoms. The van der Waals surface area contributed by atoms with Crippen molar-refractivity contribution in [2.45, 2.75) is 27.1 Å². The van der Waals surface area contributed by atoms with Gasteiger partial charge >= 0.3 is 0 Å². The van der Waals surface area contributed by atoms with Gasteiger partial charge < -0.3 is 15.0 Å². The lowest BCUT2D eigenvalue weighted by Crippen LogP contribution is -3.07. The maximum absolute atomic E-state index is 5.51. The molecule has 0 saturated carbocycles. The third-order valence-corrected chi connectivity index (χ3v) is 5.54. The van der Waals surface area contributed by atoms with Gasteiger partial charge in [0.05, 0.1) is 14.2 Å². The molecule has 0 radical (unpaired) electrons. The summed E-state index contributed by atoms with van der Waals surface area (Å²) in [5.41, 5.74) is 4.77. The molecule has 5 nitrogen and oxygen atoms in total. The van der Waals surface area contributed by atoms with Crippen molar-refractivity contribution in [1.29, 1.82) is 0 Å². The third-order valence-electron chi connectivity index (χ3n) is 4.31. The summed E-state index contributed by atoms with van der Waals surface area (Å²) in [7, 11) is 3.82. The Morgan fingerprint density at radius 2 is 1.93 bits per heavy atom. The van der Waals surface area contributed by atoms with Crippen molar-refractivity contribution in [2.24, 2.45) is 0 Å². The van der Waals surface area contributed by atoms with Gasteiger partial charge in [0.25, 0.3) is 0 Å². The predicted molar refractivity (Wildman–Crippen MR) is 114 cm³/mol. The molecular formula is C20H25N4OS2+. The fraction of sp³-hybridized carbons (Fsp3) is 0.300. The number of anilines is 2. The summed E-state index contributed by atoms with van der Waals surface area (Å²) in [6, 6.07) is 14.5. The molecule has 1 atom stereocenters. The van der Waals surface area contributed by atoms with Crippen molar-refractivity contribution in [2.75, 3.05) is 19.5 Å². The Bertz CT molecular complexity index is 963. The molecule has 2 N–H and O–H groups in total. The van der Waals surface area contributed by atoms with E-state index < -0.39 is 0 Å². The fourth-order valence-electron chi connectivity index (χ4n) is 2.93. The van der Waals surface area contributed by atoms with Crippen LogP contribution in [0.2, 0.25) is 0 Å². The first-order chi connectivity index (χ1) is 12.9. The zero-order chi connectivity index (χ0) is 19.4. The molecule has 0 fully saturated rings. The summed E-state index contributed by atoms with van der Waals surface area (Å²) in [6.45, 7) is 5.80. The number of nitrogens with zero attached hydrogens (tertiary/aromatic N) is 2. The molecule has 0 aliphatic carbocycles. The van der Waals surface area contributed by atoms with Crippen LogP contribution in [-0.4, -0.2) is 23.9 Å². The standard InChI is InChI=1S/C20H24N4OS2/c1-14-5-10-18(15(2)11-14)21-19-22-24(20(26)27-19)13-23(3)12-16-6-8-17(25-4)9-7-16/h5-11H,12-13H2,1-4H3,(H,21,22)/p+1. The van der Waals surface area contributed by atoms with E-state index in [9.17, 15) is 0 Å².